The summed E-state index contributed by atoms with van der Waals surface area (Å²) >= 11 is 12.0. The molecule has 0 fully saturated rings. The van der Waals surface area contributed by atoms with Gasteiger partial charge in [0.25, 0.3) is 0 Å². The summed E-state index contributed by atoms with van der Waals surface area (Å²) in [4.78, 5) is 0. The summed E-state index contributed by atoms with van der Waals surface area (Å²) in [6.07, 6.45) is 0. The van der Waals surface area contributed by atoms with Crippen molar-refractivity contribution in [2.45, 2.75) is 33.2 Å². The van der Waals surface area contributed by atoms with Gasteiger partial charge in [-0.2, -0.15) is 0 Å². The van der Waals surface area contributed by atoms with Gasteiger partial charge < -0.3 is 4.57 Å². The second-order valence-electron chi connectivity index (χ2n) is 5.04. The number of rotatable bonds is 4. The summed E-state index contributed by atoms with van der Waals surface area (Å²) in [5.41, 5.74) is 2.05. The van der Waals surface area contributed by atoms with Gasteiger partial charge in [0.05, 0.1) is 5.88 Å². The number of halogens is 2. The van der Waals surface area contributed by atoms with E-state index in [0.29, 0.717) is 11.8 Å². The number of aryl methyl sites for hydroxylation is 1. The molecule has 0 unspecified atom stereocenters. The quantitative estimate of drug-likeness (QED) is 0.788. The molecule has 2 rings (SSSR count). The van der Waals surface area contributed by atoms with E-state index in [2.05, 4.69) is 28.6 Å². The Labute approximate surface area is 123 Å². The van der Waals surface area contributed by atoms with Gasteiger partial charge in [-0.1, -0.05) is 25.4 Å². The highest BCUT2D eigenvalue weighted by Gasteiger charge is 2.14. The lowest BCUT2D eigenvalue weighted by Crippen LogP contribution is -2.09. The standard InChI is InChI=1S/C14H17Cl2N3/c1-9(2)8-19-13(7-15)17-18-14(19)11-4-5-12(16)10(3)6-11/h4-6,9H,7-8H2,1-3H3. The second-order valence-corrected chi connectivity index (χ2v) is 5.72. The highest BCUT2D eigenvalue weighted by molar-refractivity contribution is 6.31. The van der Waals surface area contributed by atoms with E-state index < -0.39 is 0 Å². The highest BCUT2D eigenvalue weighted by Crippen LogP contribution is 2.25. The van der Waals surface area contributed by atoms with Crippen LogP contribution in [0.5, 0.6) is 0 Å². The Hall–Kier alpha value is -1.06. The van der Waals surface area contributed by atoms with Crippen molar-refractivity contribution >= 4 is 23.2 Å². The van der Waals surface area contributed by atoms with E-state index in [9.17, 15) is 0 Å². The fourth-order valence-corrected chi connectivity index (χ4v) is 2.30. The smallest absolute Gasteiger partial charge is 0.164 e. The molecule has 1 aromatic heterocycles. The summed E-state index contributed by atoms with van der Waals surface area (Å²) in [7, 11) is 0. The Bertz CT molecular complexity index is 576. The predicted octanol–water partition coefficient (Wildman–Crippen LogP) is 4.30. The first-order valence-corrected chi connectivity index (χ1v) is 7.18. The van der Waals surface area contributed by atoms with E-state index in [1.165, 1.54) is 0 Å². The third kappa shape index (κ3) is 3.10. The molecule has 1 aromatic carbocycles. The Kier molecular flexibility index (Phi) is 4.48. The zero-order valence-corrected chi connectivity index (χ0v) is 12.8. The molecular formula is C14H17Cl2N3. The summed E-state index contributed by atoms with van der Waals surface area (Å²) in [6.45, 7) is 7.16. The third-order valence-corrected chi connectivity index (χ3v) is 3.57. The van der Waals surface area contributed by atoms with Gasteiger partial charge >= 0.3 is 0 Å². The van der Waals surface area contributed by atoms with Gasteiger partial charge in [-0.25, -0.2) is 0 Å². The number of hydrogen-bond donors (Lipinski definition) is 0. The van der Waals surface area contributed by atoms with Gasteiger partial charge in [-0.15, -0.1) is 21.8 Å². The number of alkyl halides is 1. The summed E-state index contributed by atoms with van der Waals surface area (Å²) in [6, 6.07) is 5.89. The number of benzene rings is 1. The van der Waals surface area contributed by atoms with Crippen LogP contribution in [0.25, 0.3) is 11.4 Å². The molecule has 19 heavy (non-hydrogen) atoms. The maximum Gasteiger partial charge on any atom is 0.164 e. The van der Waals surface area contributed by atoms with Gasteiger partial charge in [0.15, 0.2) is 5.82 Å². The van der Waals surface area contributed by atoms with Crippen molar-refractivity contribution in [2.75, 3.05) is 0 Å². The van der Waals surface area contributed by atoms with Crippen LogP contribution in [0.2, 0.25) is 5.02 Å². The summed E-state index contributed by atoms with van der Waals surface area (Å²) < 4.78 is 2.08. The molecule has 1 heterocycles. The normalized spacial score (nSPS) is 11.3. The zero-order valence-electron chi connectivity index (χ0n) is 11.3. The molecule has 0 radical (unpaired) electrons. The second kappa shape index (κ2) is 5.93. The molecule has 0 aliphatic carbocycles. The molecule has 0 amide bonds. The molecule has 0 bridgehead atoms. The third-order valence-electron chi connectivity index (χ3n) is 2.91. The maximum atomic E-state index is 6.06. The van der Waals surface area contributed by atoms with Gasteiger partial charge in [-0.05, 0) is 36.6 Å². The van der Waals surface area contributed by atoms with Crippen LogP contribution in [-0.4, -0.2) is 14.8 Å². The van der Waals surface area contributed by atoms with Crippen molar-refractivity contribution in [3.8, 4) is 11.4 Å². The van der Waals surface area contributed by atoms with Gasteiger partial charge in [0.1, 0.15) is 5.82 Å². The Morgan fingerprint density at radius 2 is 2.00 bits per heavy atom. The van der Waals surface area contributed by atoms with Crippen molar-refractivity contribution in [2.24, 2.45) is 5.92 Å². The minimum atomic E-state index is 0.367. The molecular weight excluding hydrogens is 281 g/mol. The molecule has 0 spiro atoms. The highest BCUT2D eigenvalue weighted by atomic mass is 35.5. The van der Waals surface area contributed by atoms with Crippen LogP contribution in [-0.2, 0) is 12.4 Å². The van der Waals surface area contributed by atoms with Crippen LogP contribution in [0.15, 0.2) is 18.2 Å². The molecule has 0 saturated carbocycles. The van der Waals surface area contributed by atoms with Gasteiger partial charge in [0, 0.05) is 17.1 Å². The Balaban J connectivity index is 2.48. The van der Waals surface area contributed by atoms with Crippen LogP contribution in [0.1, 0.15) is 25.2 Å². The Morgan fingerprint density at radius 1 is 1.26 bits per heavy atom. The number of hydrogen-bond acceptors (Lipinski definition) is 2. The van der Waals surface area contributed by atoms with E-state index >= 15 is 0 Å². The van der Waals surface area contributed by atoms with E-state index in [-0.39, 0.29) is 0 Å². The van der Waals surface area contributed by atoms with Crippen molar-refractivity contribution < 1.29 is 0 Å². The van der Waals surface area contributed by atoms with Crippen LogP contribution in [0, 0.1) is 12.8 Å². The van der Waals surface area contributed by atoms with Gasteiger partial charge in [-0.3, -0.25) is 0 Å². The van der Waals surface area contributed by atoms with Crippen LogP contribution in [0.4, 0.5) is 0 Å². The van der Waals surface area contributed by atoms with Crippen molar-refractivity contribution in [1.82, 2.24) is 14.8 Å². The number of nitrogens with zero attached hydrogens (tertiary/aromatic N) is 3. The maximum absolute atomic E-state index is 6.06. The van der Waals surface area contributed by atoms with Crippen molar-refractivity contribution in [3.63, 3.8) is 0 Å². The number of aromatic nitrogens is 3. The monoisotopic (exact) mass is 297 g/mol. The van der Waals surface area contributed by atoms with E-state index in [1.807, 2.05) is 25.1 Å². The first-order chi connectivity index (χ1) is 9.02. The molecule has 102 valence electrons. The summed E-state index contributed by atoms with van der Waals surface area (Å²) in [5, 5.41) is 9.19. The van der Waals surface area contributed by atoms with Gasteiger partial charge in [0.2, 0.25) is 0 Å². The molecule has 0 atom stereocenters. The van der Waals surface area contributed by atoms with Crippen molar-refractivity contribution in [3.05, 3.63) is 34.6 Å². The SMILES string of the molecule is Cc1cc(-c2nnc(CCl)n2CC(C)C)ccc1Cl. The lowest BCUT2D eigenvalue weighted by atomic mass is 10.1. The van der Waals surface area contributed by atoms with E-state index in [4.69, 9.17) is 23.2 Å². The average molecular weight is 298 g/mol. The van der Waals surface area contributed by atoms with Crippen LogP contribution < -0.4 is 0 Å². The van der Waals surface area contributed by atoms with E-state index in [1.54, 1.807) is 0 Å². The molecule has 2 aromatic rings. The fraction of sp³-hybridized carbons (Fsp3) is 0.429. The average Bonchev–Trinajstić information content (AvgIpc) is 2.75. The first-order valence-electron chi connectivity index (χ1n) is 6.27. The minimum Gasteiger partial charge on any atom is -0.310 e. The zero-order chi connectivity index (χ0) is 14.0. The summed E-state index contributed by atoms with van der Waals surface area (Å²) in [5.74, 6) is 2.53. The molecule has 3 nitrogen and oxygen atoms in total. The van der Waals surface area contributed by atoms with Crippen molar-refractivity contribution in [1.29, 1.82) is 0 Å². The minimum absolute atomic E-state index is 0.367. The molecule has 0 aliphatic rings. The predicted molar refractivity (Wildman–Crippen MR) is 79.6 cm³/mol. The molecule has 0 N–H and O–H groups in total. The first kappa shape index (κ1) is 14.4. The lowest BCUT2D eigenvalue weighted by molar-refractivity contribution is 0.515. The largest absolute Gasteiger partial charge is 0.310 e. The lowest BCUT2D eigenvalue weighted by Gasteiger charge is -2.12. The van der Waals surface area contributed by atoms with Crippen LogP contribution >= 0.6 is 23.2 Å². The molecule has 0 saturated heterocycles. The molecule has 0 aliphatic heterocycles. The fourth-order valence-electron chi connectivity index (χ4n) is 1.99. The van der Waals surface area contributed by atoms with Crippen LogP contribution in [0.3, 0.4) is 0 Å². The Morgan fingerprint density at radius 3 is 2.58 bits per heavy atom. The van der Waals surface area contributed by atoms with E-state index in [0.717, 1.165) is 34.3 Å². The topological polar surface area (TPSA) is 30.7 Å². The molecule has 5 heteroatoms.